The van der Waals surface area contributed by atoms with E-state index in [1.165, 1.54) is 14.0 Å². The van der Waals surface area contributed by atoms with Crippen molar-refractivity contribution >= 4 is 59.4 Å². The van der Waals surface area contributed by atoms with E-state index in [-0.39, 0.29) is 62.5 Å². The summed E-state index contributed by atoms with van der Waals surface area (Å²) in [7, 11) is 1.45. The van der Waals surface area contributed by atoms with Crippen molar-refractivity contribution in [2.24, 2.45) is 5.73 Å². The van der Waals surface area contributed by atoms with Gasteiger partial charge >= 0.3 is 18.3 Å². The molecule has 0 aliphatic carbocycles. The molecule has 1 heterocycles. The number of likely N-dealkylation sites (N-methyl/N-ethyl adjacent to an activating group) is 1. The van der Waals surface area contributed by atoms with E-state index in [1.807, 2.05) is 12.1 Å². The molecule has 0 saturated heterocycles. The Morgan fingerprint density at radius 3 is 1.49 bits per heavy atom. The Morgan fingerprint density at radius 2 is 1.04 bits per heavy atom. The first-order valence-electron chi connectivity index (χ1n) is 25.1. The molecule has 1 aromatic heterocycles. The molecule has 0 spiro atoms. The van der Waals surface area contributed by atoms with Gasteiger partial charge in [0.2, 0.25) is 29.5 Å². The van der Waals surface area contributed by atoms with Crippen LogP contribution in [-0.4, -0.2) is 137 Å². The van der Waals surface area contributed by atoms with E-state index in [2.05, 4.69) is 58.0 Å². The number of aromatic nitrogens is 2. The van der Waals surface area contributed by atoms with Gasteiger partial charge in [0.05, 0.1) is 6.54 Å². The Balaban J connectivity index is 1.86. The Bertz CT molecular complexity index is 2440. The molecule has 0 aliphatic rings. The third-order valence-electron chi connectivity index (χ3n) is 10.5. The SMILES string of the molecule is CNC(NC(=O)C(CCCCNC(=O)OC(C)(C)C)NC(=O)C(N)NC(=O)C(CCCCNC(=O)OC(C)(C)C)NC(=O)C(CNC(=O)OC(C)(C)C)NC(=O)c1ccc(-c2ccc(Cl)cc2)cc1)C(O)c1nnc(C)o1. The van der Waals surface area contributed by atoms with Gasteiger partial charge in [-0.2, -0.15) is 0 Å². The van der Waals surface area contributed by atoms with Crippen molar-refractivity contribution < 1.29 is 62.1 Å². The van der Waals surface area contributed by atoms with Gasteiger partial charge in [-0.15, -0.1) is 10.2 Å². The number of aliphatic hydroxyl groups is 1. The van der Waals surface area contributed by atoms with Gasteiger partial charge in [-0.05, 0) is 143 Å². The fourth-order valence-electron chi connectivity index (χ4n) is 6.89. The molecule has 0 bridgehead atoms. The Kier molecular flexibility index (Phi) is 25.0. The number of rotatable bonds is 26. The minimum Gasteiger partial charge on any atom is -0.444 e. The summed E-state index contributed by atoms with van der Waals surface area (Å²) in [6.07, 6.45) is -5.78. The summed E-state index contributed by atoms with van der Waals surface area (Å²) in [6.45, 7) is 16.5. The predicted octanol–water partition coefficient (Wildman–Crippen LogP) is 3.48. The summed E-state index contributed by atoms with van der Waals surface area (Å²) in [6, 6.07) is 9.29. The highest BCUT2D eigenvalue weighted by atomic mass is 35.5. The zero-order chi connectivity index (χ0) is 57.7. The maximum absolute atomic E-state index is 14.2. The molecule has 0 saturated carbocycles. The largest absolute Gasteiger partial charge is 0.444 e. The number of unbranched alkanes of at least 4 members (excludes halogenated alkanes) is 2. The van der Waals surface area contributed by atoms with Crippen molar-refractivity contribution in [2.45, 2.75) is 161 Å². The number of nitrogens with one attached hydrogen (secondary N) is 9. The second-order valence-corrected chi connectivity index (χ2v) is 21.3. The summed E-state index contributed by atoms with van der Waals surface area (Å²) >= 11 is 6.05. The molecule has 0 fully saturated rings. The summed E-state index contributed by atoms with van der Waals surface area (Å²) < 4.78 is 21.2. The van der Waals surface area contributed by atoms with Crippen molar-refractivity contribution in [1.29, 1.82) is 0 Å². The number of nitrogens with zero attached hydrogens (tertiary/aromatic N) is 2. The van der Waals surface area contributed by atoms with E-state index < -0.39 is 108 Å². The van der Waals surface area contributed by atoms with Crippen LogP contribution in [0, 0.1) is 6.92 Å². The van der Waals surface area contributed by atoms with Crippen molar-refractivity contribution in [3.05, 3.63) is 70.9 Å². The van der Waals surface area contributed by atoms with Gasteiger partial charge in [-0.3, -0.25) is 29.3 Å². The van der Waals surface area contributed by atoms with Crippen LogP contribution in [0.25, 0.3) is 11.1 Å². The molecule has 25 nitrogen and oxygen atoms in total. The van der Waals surface area contributed by atoms with Crippen molar-refractivity contribution in [3.8, 4) is 11.1 Å². The predicted molar refractivity (Wildman–Crippen MR) is 284 cm³/mol. The fraction of sp³-hybridized carbons (Fsp3) is 0.569. The number of aryl methyl sites for hydroxylation is 1. The average molecular weight is 1100 g/mol. The number of hydrogen-bond donors (Lipinski definition) is 11. The van der Waals surface area contributed by atoms with Crippen molar-refractivity contribution in [1.82, 2.24) is 58.0 Å². The minimum absolute atomic E-state index is 0.0205. The second kappa shape index (κ2) is 30.0. The van der Waals surface area contributed by atoms with Crippen molar-refractivity contribution in [3.63, 3.8) is 0 Å². The number of benzene rings is 2. The number of hydrogen-bond acceptors (Lipinski definition) is 17. The molecule has 8 amide bonds. The van der Waals surface area contributed by atoms with E-state index in [9.17, 15) is 43.5 Å². The molecule has 0 aliphatic heterocycles. The third kappa shape index (κ3) is 24.6. The number of ether oxygens (including phenoxy) is 3. The lowest BCUT2D eigenvalue weighted by atomic mass is 10.0. The second-order valence-electron chi connectivity index (χ2n) is 20.8. The van der Waals surface area contributed by atoms with Crippen LogP contribution in [0.4, 0.5) is 14.4 Å². The van der Waals surface area contributed by atoms with Crippen LogP contribution in [0.3, 0.4) is 0 Å². The van der Waals surface area contributed by atoms with Gasteiger partial charge in [-0.1, -0.05) is 35.9 Å². The highest BCUT2D eigenvalue weighted by Gasteiger charge is 2.33. The van der Waals surface area contributed by atoms with Crippen LogP contribution in [0.1, 0.15) is 129 Å². The molecule has 0 radical (unpaired) electrons. The average Bonchev–Trinajstić information content (AvgIpc) is 3.77. The van der Waals surface area contributed by atoms with Crippen LogP contribution in [0.2, 0.25) is 5.02 Å². The number of carbonyl (C=O) groups excluding carboxylic acids is 8. The molecule has 3 rings (SSSR count). The van der Waals surface area contributed by atoms with E-state index in [0.29, 0.717) is 11.4 Å². The van der Waals surface area contributed by atoms with Crippen LogP contribution < -0.4 is 53.6 Å². The minimum atomic E-state index is -1.83. The van der Waals surface area contributed by atoms with E-state index in [4.69, 9.17) is 36.0 Å². The highest BCUT2D eigenvalue weighted by molar-refractivity contribution is 6.30. The zero-order valence-corrected chi connectivity index (χ0v) is 46.4. The molecule has 77 heavy (non-hydrogen) atoms. The lowest BCUT2D eigenvalue weighted by Crippen LogP contribution is -2.62. The number of halogens is 1. The van der Waals surface area contributed by atoms with E-state index >= 15 is 0 Å². The summed E-state index contributed by atoms with van der Waals surface area (Å²) in [5, 5.41) is 42.2. The number of amides is 8. The van der Waals surface area contributed by atoms with Crippen LogP contribution in [0.15, 0.2) is 52.9 Å². The fourth-order valence-corrected chi connectivity index (χ4v) is 7.02. The third-order valence-corrected chi connectivity index (χ3v) is 10.8. The van der Waals surface area contributed by atoms with Gasteiger partial charge in [0.1, 0.15) is 41.1 Å². The van der Waals surface area contributed by atoms with Gasteiger partial charge in [0.25, 0.3) is 11.8 Å². The summed E-state index contributed by atoms with van der Waals surface area (Å²) in [5.74, 6) is -4.44. The maximum Gasteiger partial charge on any atom is 0.407 e. The molecule has 2 aromatic carbocycles. The smallest absolute Gasteiger partial charge is 0.407 e. The Hall–Kier alpha value is -7.09. The normalized spacial score (nSPS) is 13.9. The molecular weight excluding hydrogens is 1020 g/mol. The number of alkyl carbamates (subject to hydrolysis) is 3. The van der Waals surface area contributed by atoms with Gasteiger partial charge in [0, 0.05) is 30.6 Å². The molecule has 26 heteroatoms. The Labute approximate surface area is 453 Å². The highest BCUT2D eigenvalue weighted by Crippen LogP contribution is 2.22. The van der Waals surface area contributed by atoms with Crippen molar-refractivity contribution in [2.75, 3.05) is 26.7 Å². The monoisotopic (exact) mass is 1100 g/mol. The number of carbonyl (C=O) groups is 8. The first kappa shape index (κ1) is 64.2. The van der Waals surface area contributed by atoms with E-state index in [1.54, 1.807) is 98.7 Å². The summed E-state index contributed by atoms with van der Waals surface area (Å²) in [5.41, 5.74) is 5.63. The maximum atomic E-state index is 14.2. The molecular formula is C51H77ClN12O13. The van der Waals surface area contributed by atoms with Crippen LogP contribution in [-0.2, 0) is 33.4 Å². The van der Waals surface area contributed by atoms with Gasteiger partial charge in [0.15, 0.2) is 12.3 Å². The number of nitrogens with two attached hydrogens (primary N) is 1. The van der Waals surface area contributed by atoms with Crippen LogP contribution in [0.5, 0.6) is 0 Å². The van der Waals surface area contributed by atoms with Crippen LogP contribution >= 0.6 is 11.6 Å². The molecule has 3 aromatic rings. The number of aliphatic hydroxyl groups excluding tert-OH is 1. The molecule has 12 N–H and O–H groups in total. The van der Waals surface area contributed by atoms with Gasteiger partial charge in [-0.25, -0.2) is 14.4 Å². The quantitative estimate of drug-likeness (QED) is 0.0311. The first-order chi connectivity index (χ1) is 35.9. The zero-order valence-electron chi connectivity index (χ0n) is 45.6. The van der Waals surface area contributed by atoms with Gasteiger partial charge < -0.3 is 72.0 Å². The van der Waals surface area contributed by atoms with E-state index in [0.717, 1.165) is 11.1 Å². The summed E-state index contributed by atoms with van der Waals surface area (Å²) in [4.78, 5) is 107. The molecule has 6 unspecified atom stereocenters. The molecule has 6 atom stereocenters. The molecule has 426 valence electrons. The standard InChI is InChI=1S/C51H77ClN12O13/c1-29-63-64-45(74-29)37(65)39(54-11)62-42(68)35(17-13-15-27-56-47(72)76-50(5,6)7)59-44(70)38(53)61-41(67)34(16-12-14-26-55-46(71)75-49(2,3)4)58-43(69)36(28-57-48(73)77-51(8,9)10)60-40(66)32-20-18-30(19-21-32)31-22-24-33(52)25-23-31/h18-25,34-39,54,65H,12-17,26-28,53H2,1-11H3,(H,55,71)(H,56,72)(H,57,73)(H,58,69)(H,59,70)(H,60,66)(H,61,67)(H,62,68). The first-order valence-corrected chi connectivity index (χ1v) is 25.5. The lowest BCUT2D eigenvalue weighted by Gasteiger charge is -2.27. The topological polar surface area (TPSA) is 358 Å². The Morgan fingerprint density at radius 1 is 0.597 bits per heavy atom. The lowest BCUT2D eigenvalue weighted by molar-refractivity contribution is -0.134.